The molecule has 1 heterocycles. The van der Waals surface area contributed by atoms with E-state index in [9.17, 15) is 9.59 Å². The van der Waals surface area contributed by atoms with Gasteiger partial charge in [-0.3, -0.25) is 14.5 Å². The SMILES string of the molecule is COc1ccccc1NC(=O)c1ccc(NC(=O)CN(C)Cc2ccccc2N2CCCC2)cc1. The number of ether oxygens (including phenoxy) is 1. The summed E-state index contributed by atoms with van der Waals surface area (Å²) in [6.07, 6.45) is 2.46. The summed E-state index contributed by atoms with van der Waals surface area (Å²) in [7, 11) is 3.51. The lowest BCUT2D eigenvalue weighted by molar-refractivity contribution is -0.117. The summed E-state index contributed by atoms with van der Waals surface area (Å²) >= 11 is 0. The van der Waals surface area contributed by atoms with E-state index < -0.39 is 0 Å². The van der Waals surface area contributed by atoms with Gasteiger partial charge in [-0.2, -0.15) is 0 Å². The van der Waals surface area contributed by atoms with Crippen LogP contribution in [0.4, 0.5) is 17.1 Å². The van der Waals surface area contributed by atoms with Crippen LogP contribution in [0.2, 0.25) is 0 Å². The number of nitrogens with zero attached hydrogens (tertiary/aromatic N) is 2. The van der Waals surface area contributed by atoms with Crippen LogP contribution in [-0.2, 0) is 11.3 Å². The van der Waals surface area contributed by atoms with Gasteiger partial charge in [-0.1, -0.05) is 30.3 Å². The van der Waals surface area contributed by atoms with Crippen molar-refractivity contribution in [2.24, 2.45) is 0 Å². The Bertz CT molecular complexity index is 1160. The second-order valence-corrected chi connectivity index (χ2v) is 8.78. The van der Waals surface area contributed by atoms with Gasteiger partial charge in [0.15, 0.2) is 0 Å². The maximum Gasteiger partial charge on any atom is 0.255 e. The third kappa shape index (κ3) is 6.39. The summed E-state index contributed by atoms with van der Waals surface area (Å²) in [5.74, 6) is 0.248. The van der Waals surface area contributed by atoms with Gasteiger partial charge >= 0.3 is 0 Å². The highest BCUT2D eigenvalue weighted by atomic mass is 16.5. The highest BCUT2D eigenvalue weighted by Gasteiger charge is 2.17. The molecular formula is C28H32N4O3. The lowest BCUT2D eigenvalue weighted by Gasteiger charge is -2.24. The smallest absolute Gasteiger partial charge is 0.255 e. The largest absolute Gasteiger partial charge is 0.495 e. The number of rotatable bonds is 9. The van der Waals surface area contributed by atoms with Crippen LogP contribution in [-0.4, -0.2) is 50.5 Å². The molecule has 0 saturated carbocycles. The Morgan fingerprint density at radius 1 is 0.914 bits per heavy atom. The van der Waals surface area contributed by atoms with E-state index in [4.69, 9.17) is 4.74 Å². The number of methoxy groups -OCH3 is 1. The molecule has 182 valence electrons. The molecule has 3 aromatic carbocycles. The Balaban J connectivity index is 1.30. The number of benzene rings is 3. The molecule has 0 atom stereocenters. The second kappa shape index (κ2) is 11.5. The van der Waals surface area contributed by atoms with E-state index in [1.807, 2.05) is 30.1 Å². The van der Waals surface area contributed by atoms with Gasteiger partial charge in [-0.15, -0.1) is 0 Å². The highest BCUT2D eigenvalue weighted by molar-refractivity contribution is 6.05. The highest BCUT2D eigenvalue weighted by Crippen LogP contribution is 2.26. The number of hydrogen-bond donors (Lipinski definition) is 2. The van der Waals surface area contributed by atoms with Gasteiger partial charge in [-0.05, 0) is 67.9 Å². The maximum atomic E-state index is 12.6. The van der Waals surface area contributed by atoms with Crippen molar-refractivity contribution >= 4 is 28.9 Å². The summed E-state index contributed by atoms with van der Waals surface area (Å²) in [5.41, 5.74) is 4.24. The van der Waals surface area contributed by atoms with Crippen molar-refractivity contribution in [3.63, 3.8) is 0 Å². The minimum Gasteiger partial charge on any atom is -0.495 e. The van der Waals surface area contributed by atoms with Gasteiger partial charge in [0.25, 0.3) is 5.91 Å². The van der Waals surface area contributed by atoms with Gasteiger partial charge in [0.2, 0.25) is 5.91 Å². The van der Waals surface area contributed by atoms with Crippen LogP contribution >= 0.6 is 0 Å². The molecule has 0 aromatic heterocycles. The van der Waals surface area contributed by atoms with Crippen molar-refractivity contribution in [3.8, 4) is 5.75 Å². The number of hydrogen-bond acceptors (Lipinski definition) is 5. The molecule has 0 radical (unpaired) electrons. The average Bonchev–Trinajstić information content (AvgIpc) is 3.40. The van der Waals surface area contributed by atoms with Crippen molar-refractivity contribution in [2.75, 3.05) is 49.3 Å². The molecule has 1 saturated heterocycles. The zero-order valence-electron chi connectivity index (χ0n) is 20.3. The van der Waals surface area contributed by atoms with Gasteiger partial charge in [0, 0.05) is 36.6 Å². The van der Waals surface area contributed by atoms with Crippen molar-refractivity contribution in [1.29, 1.82) is 0 Å². The lowest BCUT2D eigenvalue weighted by atomic mass is 10.1. The molecule has 1 aliphatic heterocycles. The maximum absolute atomic E-state index is 12.6. The number of para-hydroxylation sites is 3. The average molecular weight is 473 g/mol. The van der Waals surface area contributed by atoms with Crippen LogP contribution < -0.4 is 20.3 Å². The molecule has 2 amide bonds. The Kier molecular flexibility index (Phi) is 8.00. The molecule has 1 fully saturated rings. The molecule has 0 spiro atoms. The van der Waals surface area contributed by atoms with E-state index in [2.05, 4.69) is 33.7 Å². The fourth-order valence-corrected chi connectivity index (χ4v) is 4.35. The van der Waals surface area contributed by atoms with Crippen molar-refractivity contribution in [2.45, 2.75) is 19.4 Å². The molecule has 0 bridgehead atoms. The quantitative estimate of drug-likeness (QED) is 0.476. The number of carbonyl (C=O) groups excluding carboxylic acids is 2. The van der Waals surface area contributed by atoms with E-state index in [1.165, 1.54) is 24.1 Å². The van der Waals surface area contributed by atoms with Crippen molar-refractivity contribution in [3.05, 3.63) is 83.9 Å². The molecule has 35 heavy (non-hydrogen) atoms. The topological polar surface area (TPSA) is 73.9 Å². The molecule has 7 nitrogen and oxygen atoms in total. The normalized spacial score (nSPS) is 13.1. The summed E-state index contributed by atoms with van der Waals surface area (Å²) in [6, 6.07) is 22.5. The number of likely N-dealkylation sites (N-methyl/N-ethyl adjacent to an activating group) is 1. The van der Waals surface area contributed by atoms with Crippen LogP contribution in [0.1, 0.15) is 28.8 Å². The Morgan fingerprint density at radius 2 is 1.60 bits per heavy atom. The van der Waals surface area contributed by atoms with Crippen LogP contribution in [0.3, 0.4) is 0 Å². The number of amides is 2. The fraction of sp³-hybridized carbons (Fsp3) is 0.286. The molecule has 0 aliphatic carbocycles. The third-order valence-corrected chi connectivity index (χ3v) is 6.08. The van der Waals surface area contributed by atoms with Crippen LogP contribution in [0.15, 0.2) is 72.8 Å². The van der Waals surface area contributed by atoms with E-state index in [0.717, 1.165) is 13.1 Å². The molecule has 4 rings (SSSR count). The Morgan fingerprint density at radius 3 is 2.34 bits per heavy atom. The van der Waals surface area contributed by atoms with Gasteiger partial charge in [0.05, 0.1) is 19.3 Å². The Hall–Kier alpha value is -3.84. The van der Waals surface area contributed by atoms with Crippen molar-refractivity contribution < 1.29 is 14.3 Å². The van der Waals surface area contributed by atoms with E-state index in [1.54, 1.807) is 43.5 Å². The summed E-state index contributed by atoms with van der Waals surface area (Å²) in [6.45, 7) is 3.15. The summed E-state index contributed by atoms with van der Waals surface area (Å²) < 4.78 is 5.28. The number of nitrogens with one attached hydrogen (secondary N) is 2. The first-order valence-corrected chi connectivity index (χ1v) is 11.9. The van der Waals surface area contributed by atoms with Gasteiger partial charge in [0.1, 0.15) is 5.75 Å². The molecule has 7 heteroatoms. The van der Waals surface area contributed by atoms with E-state index in [-0.39, 0.29) is 18.4 Å². The van der Waals surface area contributed by atoms with E-state index >= 15 is 0 Å². The zero-order chi connectivity index (χ0) is 24.6. The molecule has 2 N–H and O–H groups in total. The zero-order valence-corrected chi connectivity index (χ0v) is 20.3. The monoisotopic (exact) mass is 472 g/mol. The first-order chi connectivity index (χ1) is 17.0. The fourth-order valence-electron chi connectivity index (χ4n) is 4.35. The first kappa shape index (κ1) is 24.3. The van der Waals surface area contributed by atoms with Crippen LogP contribution in [0.25, 0.3) is 0 Å². The predicted octanol–water partition coefficient (Wildman–Crippen LogP) is 4.62. The number of carbonyl (C=O) groups is 2. The molecular weight excluding hydrogens is 440 g/mol. The Labute approximate surface area is 206 Å². The molecule has 0 unspecified atom stereocenters. The molecule has 1 aliphatic rings. The second-order valence-electron chi connectivity index (χ2n) is 8.78. The van der Waals surface area contributed by atoms with Gasteiger partial charge in [-0.25, -0.2) is 0 Å². The molecule has 3 aromatic rings. The van der Waals surface area contributed by atoms with Gasteiger partial charge < -0.3 is 20.3 Å². The first-order valence-electron chi connectivity index (χ1n) is 11.9. The van der Waals surface area contributed by atoms with Crippen LogP contribution in [0.5, 0.6) is 5.75 Å². The predicted molar refractivity (Wildman–Crippen MR) is 140 cm³/mol. The lowest BCUT2D eigenvalue weighted by Crippen LogP contribution is -2.30. The summed E-state index contributed by atoms with van der Waals surface area (Å²) in [4.78, 5) is 29.7. The minimum atomic E-state index is -0.247. The number of anilines is 3. The standard InChI is InChI=1S/C28H32N4O3/c1-31(19-22-9-3-5-11-25(22)32-17-7-8-18-32)20-27(33)29-23-15-13-21(14-16-23)28(34)30-24-10-4-6-12-26(24)35-2/h3-6,9-16H,7-8,17-20H2,1-2H3,(H,29,33)(H,30,34). The van der Waals surface area contributed by atoms with Crippen LogP contribution in [0, 0.1) is 0 Å². The minimum absolute atomic E-state index is 0.0997. The summed E-state index contributed by atoms with van der Waals surface area (Å²) in [5, 5.41) is 5.77. The van der Waals surface area contributed by atoms with E-state index in [0.29, 0.717) is 29.2 Å². The third-order valence-electron chi connectivity index (χ3n) is 6.08. The van der Waals surface area contributed by atoms with Crippen molar-refractivity contribution in [1.82, 2.24) is 4.90 Å².